The summed E-state index contributed by atoms with van der Waals surface area (Å²) in [6, 6.07) is 10.2. The maximum absolute atomic E-state index is 12.1. The summed E-state index contributed by atoms with van der Waals surface area (Å²) in [6.45, 7) is 10.5. The number of hydrogen-bond acceptors (Lipinski definition) is 5. The summed E-state index contributed by atoms with van der Waals surface area (Å²) in [7, 11) is 0. The van der Waals surface area contributed by atoms with Crippen LogP contribution in [0.5, 0.6) is 0 Å². The van der Waals surface area contributed by atoms with E-state index in [0.717, 1.165) is 45.3 Å². The van der Waals surface area contributed by atoms with Gasteiger partial charge in [0.25, 0.3) is 0 Å². The summed E-state index contributed by atoms with van der Waals surface area (Å²) in [5, 5.41) is 0. The van der Waals surface area contributed by atoms with Crippen LogP contribution < -0.4 is 0 Å². The molecule has 1 saturated heterocycles. The average Bonchev–Trinajstić information content (AvgIpc) is 2.72. The Hall–Kier alpha value is -1.63. The molecule has 30 heavy (non-hydrogen) atoms. The van der Waals surface area contributed by atoms with Crippen LogP contribution in [0.1, 0.15) is 58.4 Å². The first-order valence-corrected chi connectivity index (χ1v) is 11.2. The number of ether oxygens (including phenoxy) is 4. The second-order valence-corrected chi connectivity index (χ2v) is 8.75. The number of benzene rings is 1. The summed E-state index contributed by atoms with van der Waals surface area (Å²) in [5.41, 5.74) is 0.747. The number of carbonyl (C=O) groups is 1. The molecule has 2 rings (SSSR count). The topological polar surface area (TPSA) is 57.2 Å². The van der Waals surface area contributed by atoms with Crippen LogP contribution in [0.25, 0.3) is 0 Å². The minimum Gasteiger partial charge on any atom is -0.444 e. The molecular formula is C24H39NO5. The van der Waals surface area contributed by atoms with Crippen LogP contribution in [0.2, 0.25) is 0 Å². The molecule has 0 saturated carbocycles. The lowest BCUT2D eigenvalue weighted by Crippen LogP contribution is -2.43. The van der Waals surface area contributed by atoms with Gasteiger partial charge in [0.15, 0.2) is 0 Å². The molecule has 1 fully saturated rings. The molecule has 1 aromatic rings. The van der Waals surface area contributed by atoms with E-state index in [0.29, 0.717) is 32.9 Å². The Labute approximate surface area is 181 Å². The second kappa shape index (κ2) is 13.6. The number of likely N-dealkylation sites (tertiary alicyclic amines) is 1. The van der Waals surface area contributed by atoms with E-state index in [1.54, 1.807) is 4.90 Å². The van der Waals surface area contributed by atoms with Gasteiger partial charge in [-0.15, -0.1) is 0 Å². The van der Waals surface area contributed by atoms with E-state index in [2.05, 4.69) is 12.1 Å². The van der Waals surface area contributed by atoms with E-state index >= 15 is 0 Å². The molecule has 0 atom stereocenters. The molecule has 170 valence electrons. The van der Waals surface area contributed by atoms with Crippen LogP contribution in [0.4, 0.5) is 4.79 Å². The van der Waals surface area contributed by atoms with Crippen LogP contribution in [0, 0.1) is 0 Å². The van der Waals surface area contributed by atoms with Crippen molar-refractivity contribution >= 4 is 6.09 Å². The maximum atomic E-state index is 12.1. The van der Waals surface area contributed by atoms with E-state index in [4.69, 9.17) is 18.9 Å². The molecule has 1 aromatic carbocycles. The monoisotopic (exact) mass is 421 g/mol. The zero-order chi connectivity index (χ0) is 21.7. The summed E-state index contributed by atoms with van der Waals surface area (Å²) in [5.74, 6) is 0. The van der Waals surface area contributed by atoms with Gasteiger partial charge in [0.05, 0.1) is 25.9 Å². The van der Waals surface area contributed by atoms with E-state index in [-0.39, 0.29) is 12.2 Å². The Morgan fingerprint density at radius 2 is 1.60 bits per heavy atom. The molecule has 6 nitrogen and oxygen atoms in total. The van der Waals surface area contributed by atoms with Crippen molar-refractivity contribution in [2.45, 2.75) is 71.2 Å². The average molecular weight is 422 g/mol. The van der Waals surface area contributed by atoms with Crippen LogP contribution in [-0.2, 0) is 25.6 Å². The molecule has 0 aromatic heterocycles. The molecule has 0 bridgehead atoms. The van der Waals surface area contributed by atoms with Crippen molar-refractivity contribution in [3.8, 4) is 0 Å². The molecule has 0 spiro atoms. The number of piperidine rings is 1. The molecule has 0 aliphatic carbocycles. The molecule has 0 radical (unpaired) electrons. The van der Waals surface area contributed by atoms with Crippen molar-refractivity contribution < 1.29 is 23.7 Å². The quantitative estimate of drug-likeness (QED) is 0.454. The predicted octanol–water partition coefficient (Wildman–Crippen LogP) is 4.81. The first-order chi connectivity index (χ1) is 14.4. The molecule has 1 aliphatic rings. The lowest BCUT2D eigenvalue weighted by atomic mass is 10.1. The van der Waals surface area contributed by atoms with Gasteiger partial charge in [-0.05, 0) is 58.4 Å². The number of rotatable bonds is 12. The van der Waals surface area contributed by atoms with Crippen LogP contribution in [0.15, 0.2) is 30.3 Å². The van der Waals surface area contributed by atoms with Crippen LogP contribution in [-0.4, -0.2) is 62.2 Å². The summed E-state index contributed by atoms with van der Waals surface area (Å²) >= 11 is 0. The van der Waals surface area contributed by atoms with E-state index in [1.165, 1.54) is 5.56 Å². The van der Waals surface area contributed by atoms with Gasteiger partial charge in [0, 0.05) is 26.3 Å². The van der Waals surface area contributed by atoms with E-state index in [9.17, 15) is 4.79 Å². The van der Waals surface area contributed by atoms with Crippen molar-refractivity contribution in [1.82, 2.24) is 4.90 Å². The van der Waals surface area contributed by atoms with Crippen molar-refractivity contribution in [3.05, 3.63) is 35.9 Å². The Kier molecular flexibility index (Phi) is 11.2. The van der Waals surface area contributed by atoms with Gasteiger partial charge in [-0.25, -0.2) is 4.79 Å². The van der Waals surface area contributed by atoms with Crippen LogP contribution >= 0.6 is 0 Å². The fraction of sp³-hybridized carbons (Fsp3) is 0.708. The summed E-state index contributed by atoms with van der Waals surface area (Å²) in [6.07, 6.45) is 4.98. The molecular weight excluding hydrogens is 382 g/mol. The highest BCUT2D eigenvalue weighted by atomic mass is 16.6. The minimum atomic E-state index is -0.441. The predicted molar refractivity (Wildman–Crippen MR) is 118 cm³/mol. The fourth-order valence-corrected chi connectivity index (χ4v) is 3.25. The largest absolute Gasteiger partial charge is 0.444 e. The normalized spacial score (nSPS) is 15.4. The van der Waals surface area contributed by atoms with Gasteiger partial charge in [-0.1, -0.05) is 30.3 Å². The van der Waals surface area contributed by atoms with Gasteiger partial charge in [-0.3, -0.25) is 0 Å². The number of carbonyl (C=O) groups excluding carboxylic acids is 1. The lowest BCUT2D eigenvalue weighted by molar-refractivity contribution is -0.0125. The fourth-order valence-electron chi connectivity index (χ4n) is 3.25. The van der Waals surface area contributed by atoms with Gasteiger partial charge < -0.3 is 23.8 Å². The molecule has 1 amide bonds. The highest BCUT2D eigenvalue weighted by Crippen LogP contribution is 2.17. The van der Waals surface area contributed by atoms with Crippen molar-refractivity contribution in [3.63, 3.8) is 0 Å². The second-order valence-electron chi connectivity index (χ2n) is 8.75. The third kappa shape index (κ3) is 11.0. The number of amides is 1. The maximum Gasteiger partial charge on any atom is 0.410 e. The third-order valence-corrected chi connectivity index (χ3v) is 4.86. The zero-order valence-corrected chi connectivity index (χ0v) is 18.9. The van der Waals surface area contributed by atoms with Gasteiger partial charge in [0.1, 0.15) is 5.60 Å². The minimum absolute atomic E-state index is 0.216. The van der Waals surface area contributed by atoms with Crippen molar-refractivity contribution in [1.29, 1.82) is 0 Å². The Morgan fingerprint density at radius 3 is 2.30 bits per heavy atom. The van der Waals surface area contributed by atoms with Gasteiger partial charge >= 0.3 is 6.09 Å². The standard InChI is InChI=1S/C24H39NO5/c1-24(2,3)30-23(26)25-14-12-22(13-15-25)29-17-9-5-8-16-27-18-19-28-20-21-10-6-4-7-11-21/h4,6-7,10-11,22H,5,8-9,12-20H2,1-3H3. The number of nitrogens with zero attached hydrogens (tertiary/aromatic N) is 1. The lowest BCUT2D eigenvalue weighted by Gasteiger charge is -2.33. The van der Waals surface area contributed by atoms with E-state index in [1.807, 2.05) is 39.0 Å². The summed E-state index contributed by atoms with van der Waals surface area (Å²) < 4.78 is 22.6. The summed E-state index contributed by atoms with van der Waals surface area (Å²) in [4.78, 5) is 13.9. The third-order valence-electron chi connectivity index (χ3n) is 4.86. The highest BCUT2D eigenvalue weighted by molar-refractivity contribution is 5.68. The molecule has 1 heterocycles. The Morgan fingerprint density at radius 1 is 0.933 bits per heavy atom. The molecule has 0 unspecified atom stereocenters. The van der Waals surface area contributed by atoms with Gasteiger partial charge in [-0.2, -0.15) is 0 Å². The van der Waals surface area contributed by atoms with Crippen molar-refractivity contribution in [2.24, 2.45) is 0 Å². The van der Waals surface area contributed by atoms with Crippen molar-refractivity contribution in [2.75, 3.05) is 39.5 Å². The zero-order valence-electron chi connectivity index (χ0n) is 18.9. The van der Waals surface area contributed by atoms with Crippen LogP contribution in [0.3, 0.4) is 0 Å². The van der Waals surface area contributed by atoms with E-state index < -0.39 is 5.60 Å². The first kappa shape index (κ1) is 24.6. The Bertz CT molecular complexity index is 579. The molecule has 0 N–H and O–H groups in total. The highest BCUT2D eigenvalue weighted by Gasteiger charge is 2.26. The van der Waals surface area contributed by atoms with Gasteiger partial charge in [0.2, 0.25) is 0 Å². The number of unbranched alkanes of at least 4 members (excludes halogenated alkanes) is 2. The molecule has 6 heteroatoms. The Balaban J connectivity index is 1.37. The number of hydrogen-bond donors (Lipinski definition) is 0. The molecule has 1 aliphatic heterocycles. The first-order valence-electron chi connectivity index (χ1n) is 11.2. The SMILES string of the molecule is CC(C)(C)OC(=O)N1CCC(OCCCCCOCCOCc2ccccc2)CC1. The smallest absolute Gasteiger partial charge is 0.410 e.